The summed E-state index contributed by atoms with van der Waals surface area (Å²) in [5, 5.41) is 19.8. The lowest BCUT2D eigenvalue weighted by atomic mass is 9.99. The lowest BCUT2D eigenvalue weighted by Crippen LogP contribution is -2.34. The van der Waals surface area contributed by atoms with Gasteiger partial charge in [0.15, 0.2) is 11.5 Å². The summed E-state index contributed by atoms with van der Waals surface area (Å²) >= 11 is 0. The van der Waals surface area contributed by atoms with Gasteiger partial charge in [0.2, 0.25) is 0 Å². The number of nitrogen functional groups attached to an aromatic ring is 1. The normalized spacial score (nSPS) is 31.8. The van der Waals surface area contributed by atoms with E-state index in [4.69, 9.17) is 10.5 Å². The second-order valence-corrected chi connectivity index (χ2v) is 5.16. The Bertz CT molecular complexity index is 629. The van der Waals surface area contributed by atoms with Gasteiger partial charge >= 0.3 is 0 Å². The molecule has 8 nitrogen and oxygen atoms in total. The van der Waals surface area contributed by atoms with Crippen LogP contribution in [-0.2, 0) is 4.74 Å². The quantitative estimate of drug-likeness (QED) is 0.689. The first kappa shape index (κ1) is 13.2. The number of nitrogens with two attached hydrogens (primary N) is 1. The fraction of sp³-hybridized carbons (Fsp3) is 0.583. The molecule has 0 amide bonds. The van der Waals surface area contributed by atoms with Crippen LogP contribution in [0.15, 0.2) is 12.7 Å². The Balaban J connectivity index is 2.02. The predicted molar refractivity (Wildman–Crippen MR) is 70.5 cm³/mol. The van der Waals surface area contributed by atoms with Crippen LogP contribution in [0.25, 0.3) is 11.2 Å². The molecule has 2 aromatic heterocycles. The molecule has 0 bridgehead atoms. The van der Waals surface area contributed by atoms with E-state index in [2.05, 4.69) is 15.0 Å². The van der Waals surface area contributed by atoms with E-state index in [9.17, 15) is 10.2 Å². The zero-order valence-electron chi connectivity index (χ0n) is 11.2. The lowest BCUT2D eigenvalue weighted by molar-refractivity contribution is -0.0757. The van der Waals surface area contributed by atoms with E-state index < -0.39 is 24.5 Å². The number of imidazole rings is 1. The minimum Gasteiger partial charge on any atom is -0.391 e. The molecule has 0 aliphatic carbocycles. The highest BCUT2D eigenvalue weighted by molar-refractivity contribution is 5.81. The van der Waals surface area contributed by atoms with Crippen LogP contribution in [0.5, 0.6) is 0 Å². The first-order chi connectivity index (χ1) is 9.50. The van der Waals surface area contributed by atoms with Crippen molar-refractivity contribution in [2.45, 2.75) is 38.4 Å². The molecule has 2 aromatic rings. The molecule has 108 valence electrons. The van der Waals surface area contributed by atoms with E-state index in [0.717, 1.165) is 0 Å². The molecule has 1 aliphatic rings. The van der Waals surface area contributed by atoms with Crippen molar-refractivity contribution < 1.29 is 14.9 Å². The fourth-order valence-electron chi connectivity index (χ4n) is 2.61. The molecule has 1 fully saturated rings. The molecule has 4 N–H and O–H groups in total. The summed E-state index contributed by atoms with van der Waals surface area (Å²) in [6.45, 7) is 3.45. The fourth-order valence-corrected chi connectivity index (χ4v) is 2.61. The van der Waals surface area contributed by atoms with E-state index in [1.807, 2.05) is 6.92 Å². The van der Waals surface area contributed by atoms with Crippen molar-refractivity contribution in [3.63, 3.8) is 0 Å². The minimum atomic E-state index is -0.757. The summed E-state index contributed by atoms with van der Waals surface area (Å²) in [6, 6.07) is 0. The first-order valence-electron chi connectivity index (χ1n) is 6.45. The van der Waals surface area contributed by atoms with Crippen molar-refractivity contribution in [2.75, 3.05) is 5.73 Å². The third-order valence-corrected chi connectivity index (χ3v) is 3.76. The van der Waals surface area contributed by atoms with Gasteiger partial charge in [-0.05, 0) is 6.92 Å². The van der Waals surface area contributed by atoms with Gasteiger partial charge in [-0.15, -0.1) is 0 Å². The van der Waals surface area contributed by atoms with Gasteiger partial charge in [0.25, 0.3) is 0 Å². The van der Waals surface area contributed by atoms with Crippen molar-refractivity contribution >= 4 is 17.0 Å². The Labute approximate surface area is 115 Å². The largest absolute Gasteiger partial charge is 0.391 e. The van der Waals surface area contributed by atoms with Crippen LogP contribution in [0.4, 0.5) is 5.82 Å². The predicted octanol–water partition coefficient (Wildman–Crippen LogP) is -0.316. The average molecular weight is 279 g/mol. The highest BCUT2D eigenvalue weighted by atomic mass is 16.5. The summed E-state index contributed by atoms with van der Waals surface area (Å²) < 4.78 is 7.47. The zero-order valence-corrected chi connectivity index (χ0v) is 11.2. The molecule has 0 saturated carbocycles. The first-order valence-corrected chi connectivity index (χ1v) is 6.45. The van der Waals surface area contributed by atoms with Crippen molar-refractivity contribution in [2.24, 2.45) is 5.92 Å². The summed E-state index contributed by atoms with van der Waals surface area (Å²) in [6.07, 6.45) is 0.325. The van der Waals surface area contributed by atoms with E-state index in [-0.39, 0.29) is 5.92 Å². The smallest absolute Gasteiger partial charge is 0.167 e. The van der Waals surface area contributed by atoms with Gasteiger partial charge in [-0.3, -0.25) is 4.57 Å². The van der Waals surface area contributed by atoms with E-state index >= 15 is 0 Å². The number of anilines is 1. The average Bonchev–Trinajstić information content (AvgIpc) is 2.94. The number of aliphatic hydroxyl groups is 2. The van der Waals surface area contributed by atoms with Crippen LogP contribution < -0.4 is 5.73 Å². The molecule has 3 heterocycles. The van der Waals surface area contributed by atoms with Crippen LogP contribution in [0.1, 0.15) is 20.1 Å². The maximum atomic E-state index is 10.1. The Kier molecular flexibility index (Phi) is 3.08. The second-order valence-electron chi connectivity index (χ2n) is 5.16. The van der Waals surface area contributed by atoms with Crippen molar-refractivity contribution in [1.29, 1.82) is 0 Å². The highest BCUT2D eigenvalue weighted by Gasteiger charge is 2.44. The number of fused-ring (bicyclic) bond motifs is 1. The van der Waals surface area contributed by atoms with Crippen LogP contribution >= 0.6 is 0 Å². The maximum absolute atomic E-state index is 10.1. The molecular weight excluding hydrogens is 262 g/mol. The van der Waals surface area contributed by atoms with Crippen molar-refractivity contribution in [3.05, 3.63) is 12.7 Å². The van der Waals surface area contributed by atoms with Gasteiger partial charge in [-0.1, -0.05) is 6.92 Å². The van der Waals surface area contributed by atoms with Gasteiger partial charge in [0.1, 0.15) is 24.2 Å². The number of hydrogen-bond acceptors (Lipinski definition) is 7. The number of aliphatic hydroxyl groups excluding tert-OH is 2. The number of aromatic nitrogens is 4. The van der Waals surface area contributed by atoms with Gasteiger partial charge in [0, 0.05) is 5.92 Å². The molecule has 0 radical (unpaired) electrons. The maximum Gasteiger partial charge on any atom is 0.167 e. The van der Waals surface area contributed by atoms with Crippen LogP contribution in [-0.4, -0.2) is 48.0 Å². The monoisotopic (exact) mass is 279 g/mol. The molecule has 8 heteroatoms. The standard InChI is InChI=1S/C12H17N5O3/c1-5-8(19)9(6(2)18)20-12(5)17-4-16-7-10(13)14-3-15-11(7)17/h3-6,8-9,12,18-19H,1-2H3,(H2,13,14,15). The van der Waals surface area contributed by atoms with Crippen molar-refractivity contribution in [1.82, 2.24) is 19.5 Å². The molecule has 0 aromatic carbocycles. The Hall–Kier alpha value is -1.77. The Morgan fingerprint density at radius 3 is 2.80 bits per heavy atom. The highest BCUT2D eigenvalue weighted by Crippen LogP contribution is 2.37. The van der Waals surface area contributed by atoms with Gasteiger partial charge in [-0.25, -0.2) is 15.0 Å². The Morgan fingerprint density at radius 1 is 1.40 bits per heavy atom. The van der Waals surface area contributed by atoms with Gasteiger partial charge < -0.3 is 20.7 Å². The zero-order chi connectivity index (χ0) is 14.4. The topological polar surface area (TPSA) is 119 Å². The van der Waals surface area contributed by atoms with E-state index in [0.29, 0.717) is 17.0 Å². The number of hydrogen-bond donors (Lipinski definition) is 3. The third kappa shape index (κ3) is 1.84. The van der Waals surface area contributed by atoms with Gasteiger partial charge in [0.05, 0.1) is 18.5 Å². The van der Waals surface area contributed by atoms with E-state index in [1.54, 1.807) is 17.8 Å². The van der Waals surface area contributed by atoms with Crippen LogP contribution in [0.2, 0.25) is 0 Å². The number of ether oxygens (including phenoxy) is 1. The molecule has 5 atom stereocenters. The third-order valence-electron chi connectivity index (χ3n) is 3.76. The summed E-state index contributed by atoms with van der Waals surface area (Å²) in [5.41, 5.74) is 6.80. The van der Waals surface area contributed by atoms with Crippen molar-refractivity contribution in [3.8, 4) is 0 Å². The molecule has 5 unspecified atom stereocenters. The molecule has 3 rings (SSSR count). The second kappa shape index (κ2) is 4.65. The van der Waals surface area contributed by atoms with Crippen LogP contribution in [0, 0.1) is 5.92 Å². The lowest BCUT2D eigenvalue weighted by Gasteiger charge is -2.18. The summed E-state index contributed by atoms with van der Waals surface area (Å²) in [4.78, 5) is 12.2. The molecule has 1 aliphatic heterocycles. The number of nitrogens with zero attached hydrogens (tertiary/aromatic N) is 4. The number of rotatable bonds is 2. The molecule has 20 heavy (non-hydrogen) atoms. The SMILES string of the molecule is CC(O)C1OC(n2cnc3c(N)ncnc32)C(C)C1O. The summed E-state index contributed by atoms with van der Waals surface area (Å²) in [5.74, 6) is 0.0928. The Morgan fingerprint density at radius 2 is 2.15 bits per heavy atom. The van der Waals surface area contributed by atoms with Gasteiger partial charge in [-0.2, -0.15) is 0 Å². The van der Waals surface area contributed by atoms with E-state index in [1.165, 1.54) is 6.33 Å². The molecule has 1 saturated heterocycles. The minimum absolute atomic E-state index is 0.205. The van der Waals surface area contributed by atoms with Crippen LogP contribution in [0.3, 0.4) is 0 Å². The molecular formula is C12H17N5O3. The molecule has 0 spiro atoms. The summed E-state index contributed by atoms with van der Waals surface area (Å²) in [7, 11) is 0.